The van der Waals surface area contributed by atoms with E-state index in [2.05, 4.69) is 10.6 Å². The van der Waals surface area contributed by atoms with Gasteiger partial charge in [0, 0.05) is 40.8 Å². The lowest BCUT2D eigenvalue weighted by Crippen LogP contribution is -2.39. The highest BCUT2D eigenvalue weighted by Gasteiger charge is 2.23. The molecule has 3 aromatic rings. The van der Waals surface area contributed by atoms with E-state index in [-0.39, 0.29) is 0 Å². The standard InChI is InChI=1S/C27H33ClN4O2/c28-20-12-13-24(30-21-7-1-2-8-21)19(16-20)17-23(29)27(33)34-32-15-14-18-6-5-11-25(26(18)32)31-22-9-3-4-10-22/h5-6,11-16,21-23,30-31H,1-4,7-10,17,29H2. The summed E-state index contributed by atoms with van der Waals surface area (Å²) in [6.45, 7) is 0. The molecule has 1 aromatic heterocycles. The Labute approximate surface area is 205 Å². The molecule has 0 spiro atoms. The largest absolute Gasteiger partial charge is 0.382 e. The topological polar surface area (TPSA) is 81.3 Å². The van der Waals surface area contributed by atoms with Crippen LogP contribution in [-0.2, 0) is 11.2 Å². The van der Waals surface area contributed by atoms with E-state index in [4.69, 9.17) is 22.2 Å². The molecule has 34 heavy (non-hydrogen) atoms. The lowest BCUT2D eigenvalue weighted by atomic mass is 10.0. The van der Waals surface area contributed by atoms with Gasteiger partial charge in [0.2, 0.25) is 0 Å². The van der Waals surface area contributed by atoms with Crippen LogP contribution < -0.4 is 21.2 Å². The Hall–Kier alpha value is -2.70. The van der Waals surface area contributed by atoms with Crippen molar-refractivity contribution in [2.45, 2.75) is 75.9 Å². The molecule has 1 atom stereocenters. The predicted octanol–water partition coefficient (Wildman–Crippen LogP) is 5.53. The van der Waals surface area contributed by atoms with Crippen LogP contribution in [0.15, 0.2) is 48.7 Å². The molecule has 0 aliphatic heterocycles. The second-order valence-corrected chi connectivity index (χ2v) is 10.1. The number of rotatable bonds is 8. The predicted molar refractivity (Wildman–Crippen MR) is 138 cm³/mol. The van der Waals surface area contributed by atoms with Crippen LogP contribution in [-0.4, -0.2) is 28.8 Å². The van der Waals surface area contributed by atoms with Gasteiger partial charge in [0.25, 0.3) is 0 Å². The van der Waals surface area contributed by atoms with E-state index in [0.29, 0.717) is 23.5 Å². The Bertz CT molecular complexity index is 1150. The number of hydrogen-bond donors (Lipinski definition) is 3. The number of nitrogens with one attached hydrogen (secondary N) is 2. The lowest BCUT2D eigenvalue weighted by Gasteiger charge is -2.20. The number of carbonyl (C=O) groups excluding carboxylic acids is 1. The zero-order valence-corrected chi connectivity index (χ0v) is 20.2. The highest BCUT2D eigenvalue weighted by Crippen LogP contribution is 2.29. The van der Waals surface area contributed by atoms with E-state index in [1.165, 1.54) is 38.5 Å². The quantitative estimate of drug-likeness (QED) is 0.395. The van der Waals surface area contributed by atoms with Crippen LogP contribution in [0.2, 0.25) is 5.02 Å². The molecule has 2 fully saturated rings. The van der Waals surface area contributed by atoms with Gasteiger partial charge in [0.05, 0.1) is 5.69 Å². The number of halogens is 1. The molecular weight excluding hydrogens is 448 g/mol. The molecule has 180 valence electrons. The molecule has 2 aromatic carbocycles. The van der Waals surface area contributed by atoms with Gasteiger partial charge in [-0.2, -0.15) is 4.73 Å². The monoisotopic (exact) mass is 480 g/mol. The van der Waals surface area contributed by atoms with Crippen molar-refractivity contribution in [2.24, 2.45) is 5.73 Å². The van der Waals surface area contributed by atoms with Gasteiger partial charge in [-0.25, -0.2) is 4.79 Å². The number of anilines is 2. The number of aromatic nitrogens is 1. The summed E-state index contributed by atoms with van der Waals surface area (Å²) in [4.78, 5) is 18.8. The number of hydrogen-bond acceptors (Lipinski definition) is 5. The van der Waals surface area contributed by atoms with Crippen LogP contribution >= 0.6 is 11.6 Å². The number of nitrogens with zero attached hydrogens (tertiary/aromatic N) is 1. The van der Waals surface area contributed by atoms with Crippen molar-refractivity contribution in [3.05, 3.63) is 59.2 Å². The first-order valence-corrected chi connectivity index (χ1v) is 12.8. The molecule has 6 nitrogen and oxygen atoms in total. The average Bonchev–Trinajstić information content (AvgIpc) is 3.59. The number of fused-ring (bicyclic) bond motifs is 1. The molecule has 7 heteroatoms. The van der Waals surface area contributed by atoms with Gasteiger partial charge in [0.15, 0.2) is 0 Å². The SMILES string of the molecule is NC(Cc1cc(Cl)ccc1NC1CCCC1)C(=O)On1ccc2cccc(NC3CCCC3)c21. The Morgan fingerprint density at radius 3 is 2.38 bits per heavy atom. The van der Waals surface area contributed by atoms with E-state index in [1.807, 2.05) is 42.5 Å². The summed E-state index contributed by atoms with van der Waals surface area (Å²) in [5, 5.41) is 8.89. The fraction of sp³-hybridized carbons (Fsp3) is 0.444. The molecule has 2 saturated carbocycles. The summed E-state index contributed by atoms with van der Waals surface area (Å²) in [7, 11) is 0. The fourth-order valence-corrected chi connectivity index (χ4v) is 5.49. The second-order valence-electron chi connectivity index (χ2n) is 9.66. The zero-order chi connectivity index (χ0) is 23.5. The first-order valence-electron chi connectivity index (χ1n) is 12.5. The van der Waals surface area contributed by atoms with Crippen molar-refractivity contribution >= 4 is 39.8 Å². The first-order chi connectivity index (χ1) is 16.6. The van der Waals surface area contributed by atoms with Crippen molar-refractivity contribution in [1.82, 2.24) is 4.73 Å². The highest BCUT2D eigenvalue weighted by atomic mass is 35.5. The Balaban J connectivity index is 1.31. The third kappa shape index (κ3) is 5.18. The summed E-state index contributed by atoms with van der Waals surface area (Å²) in [5.41, 5.74) is 10.1. The van der Waals surface area contributed by atoms with Crippen molar-refractivity contribution < 1.29 is 9.63 Å². The Morgan fingerprint density at radius 1 is 1.00 bits per heavy atom. The van der Waals surface area contributed by atoms with E-state index in [0.717, 1.165) is 40.7 Å². The molecule has 0 bridgehead atoms. The molecule has 0 radical (unpaired) electrons. The van der Waals surface area contributed by atoms with Crippen LogP contribution in [0, 0.1) is 0 Å². The average molecular weight is 481 g/mol. The number of nitrogens with two attached hydrogens (primary N) is 1. The van der Waals surface area contributed by atoms with Gasteiger partial charge in [-0.05, 0) is 61.6 Å². The summed E-state index contributed by atoms with van der Waals surface area (Å²) in [5.74, 6) is -0.472. The van der Waals surface area contributed by atoms with Gasteiger partial charge >= 0.3 is 5.97 Å². The molecule has 0 amide bonds. The Morgan fingerprint density at radius 2 is 1.68 bits per heavy atom. The number of carbonyl (C=O) groups is 1. The smallest absolute Gasteiger partial charge is 0.349 e. The maximum atomic E-state index is 13.0. The van der Waals surface area contributed by atoms with Crippen molar-refractivity contribution in [3.8, 4) is 0 Å². The minimum atomic E-state index is -0.810. The van der Waals surface area contributed by atoms with Gasteiger partial charge < -0.3 is 21.2 Å². The van der Waals surface area contributed by atoms with Crippen LogP contribution in [0.25, 0.3) is 10.9 Å². The molecule has 1 heterocycles. The minimum Gasteiger partial charge on any atom is -0.382 e. The van der Waals surface area contributed by atoms with Crippen molar-refractivity contribution in [1.29, 1.82) is 0 Å². The van der Waals surface area contributed by atoms with Crippen molar-refractivity contribution in [3.63, 3.8) is 0 Å². The van der Waals surface area contributed by atoms with E-state index < -0.39 is 12.0 Å². The third-order valence-electron chi connectivity index (χ3n) is 7.10. The van der Waals surface area contributed by atoms with Crippen LogP contribution in [0.3, 0.4) is 0 Å². The molecule has 0 saturated heterocycles. The normalized spacial score (nSPS) is 17.8. The number of para-hydroxylation sites is 1. The van der Waals surface area contributed by atoms with Crippen LogP contribution in [0.4, 0.5) is 11.4 Å². The van der Waals surface area contributed by atoms with Crippen molar-refractivity contribution in [2.75, 3.05) is 10.6 Å². The maximum absolute atomic E-state index is 13.0. The molecule has 4 N–H and O–H groups in total. The first kappa shape index (κ1) is 23.1. The molecule has 5 rings (SSSR count). The van der Waals surface area contributed by atoms with Gasteiger partial charge in [-0.1, -0.05) is 49.4 Å². The van der Waals surface area contributed by atoms with Gasteiger partial charge in [-0.3, -0.25) is 0 Å². The summed E-state index contributed by atoms with van der Waals surface area (Å²) < 4.78 is 1.55. The van der Waals surface area contributed by atoms with Gasteiger partial charge in [0.1, 0.15) is 11.6 Å². The zero-order valence-electron chi connectivity index (χ0n) is 19.4. The van der Waals surface area contributed by atoms with Crippen LogP contribution in [0.5, 0.6) is 0 Å². The molecule has 1 unspecified atom stereocenters. The third-order valence-corrected chi connectivity index (χ3v) is 7.34. The highest BCUT2D eigenvalue weighted by molar-refractivity contribution is 6.30. The van der Waals surface area contributed by atoms with Gasteiger partial charge in [-0.15, -0.1) is 0 Å². The number of benzene rings is 2. The Kier molecular flexibility index (Phi) is 6.97. The maximum Gasteiger partial charge on any atom is 0.349 e. The minimum absolute atomic E-state index is 0.348. The lowest BCUT2D eigenvalue weighted by molar-refractivity contribution is -0.145. The fourth-order valence-electron chi connectivity index (χ4n) is 5.29. The van der Waals surface area contributed by atoms with E-state index in [1.54, 1.807) is 10.9 Å². The summed E-state index contributed by atoms with van der Waals surface area (Å²) in [6.07, 6.45) is 11.8. The molecule has 2 aliphatic rings. The van der Waals surface area contributed by atoms with E-state index in [9.17, 15) is 4.79 Å². The molecule has 2 aliphatic carbocycles. The van der Waals surface area contributed by atoms with Crippen LogP contribution in [0.1, 0.15) is 56.9 Å². The second kappa shape index (κ2) is 10.3. The summed E-state index contributed by atoms with van der Waals surface area (Å²) >= 11 is 6.27. The van der Waals surface area contributed by atoms with E-state index >= 15 is 0 Å². The molecular formula is C27H33ClN4O2. The summed E-state index contributed by atoms with van der Waals surface area (Å²) in [6, 6.07) is 13.9.